The van der Waals surface area contributed by atoms with Crippen LogP contribution in [0.25, 0.3) is 11.0 Å². The van der Waals surface area contributed by atoms with Gasteiger partial charge in [-0.25, -0.2) is 9.97 Å². The second kappa shape index (κ2) is 6.07. The lowest BCUT2D eigenvalue weighted by molar-refractivity contribution is -0.115. The SMILES string of the molecule is Cc1ccc2c(CC(=O)Nc3cnc(C(C)(C)C)nc3)coc2c1. The predicted octanol–water partition coefficient (Wildman–Crippen LogP) is 4.01. The average Bonchev–Trinajstić information content (AvgIpc) is 2.89. The van der Waals surface area contributed by atoms with E-state index in [2.05, 4.69) is 15.3 Å². The smallest absolute Gasteiger partial charge is 0.229 e. The van der Waals surface area contributed by atoms with E-state index in [1.807, 2.05) is 45.9 Å². The van der Waals surface area contributed by atoms with Crippen molar-refractivity contribution in [3.05, 3.63) is 53.8 Å². The molecule has 0 saturated heterocycles. The van der Waals surface area contributed by atoms with Crippen LogP contribution >= 0.6 is 0 Å². The molecule has 0 aliphatic carbocycles. The number of aromatic nitrogens is 2. The van der Waals surface area contributed by atoms with Crippen LogP contribution in [0.2, 0.25) is 0 Å². The minimum absolute atomic E-state index is 0.115. The highest BCUT2D eigenvalue weighted by Gasteiger charge is 2.17. The Morgan fingerprint density at radius 1 is 1.21 bits per heavy atom. The molecule has 0 atom stereocenters. The molecule has 0 bridgehead atoms. The lowest BCUT2D eigenvalue weighted by atomic mass is 9.96. The van der Waals surface area contributed by atoms with E-state index < -0.39 is 0 Å². The van der Waals surface area contributed by atoms with Crippen molar-refractivity contribution >= 4 is 22.6 Å². The van der Waals surface area contributed by atoms with Crippen molar-refractivity contribution in [2.45, 2.75) is 39.5 Å². The van der Waals surface area contributed by atoms with E-state index in [4.69, 9.17) is 4.42 Å². The summed E-state index contributed by atoms with van der Waals surface area (Å²) < 4.78 is 5.53. The summed E-state index contributed by atoms with van der Waals surface area (Å²) in [5.74, 6) is 0.627. The number of nitrogens with one attached hydrogen (secondary N) is 1. The highest BCUT2D eigenvalue weighted by Crippen LogP contribution is 2.23. The van der Waals surface area contributed by atoms with Crippen LogP contribution in [0.15, 0.2) is 41.3 Å². The number of furan rings is 1. The zero-order valence-corrected chi connectivity index (χ0v) is 14.4. The zero-order valence-electron chi connectivity index (χ0n) is 14.4. The first-order chi connectivity index (χ1) is 11.3. The highest BCUT2D eigenvalue weighted by atomic mass is 16.3. The molecule has 5 nitrogen and oxygen atoms in total. The van der Waals surface area contributed by atoms with Gasteiger partial charge in [-0.15, -0.1) is 0 Å². The van der Waals surface area contributed by atoms with Crippen molar-refractivity contribution in [3.63, 3.8) is 0 Å². The van der Waals surface area contributed by atoms with E-state index in [0.717, 1.165) is 27.9 Å². The first-order valence-electron chi connectivity index (χ1n) is 7.92. The molecule has 2 heterocycles. The van der Waals surface area contributed by atoms with Gasteiger partial charge >= 0.3 is 0 Å². The lowest BCUT2D eigenvalue weighted by Gasteiger charge is -2.16. The van der Waals surface area contributed by atoms with Crippen molar-refractivity contribution in [1.29, 1.82) is 0 Å². The second-order valence-electron chi connectivity index (χ2n) is 7.03. The van der Waals surface area contributed by atoms with Gasteiger partial charge in [0.2, 0.25) is 5.91 Å². The molecule has 0 spiro atoms. The number of carbonyl (C=O) groups is 1. The normalized spacial score (nSPS) is 11.7. The molecule has 3 rings (SSSR count). The Morgan fingerprint density at radius 2 is 1.92 bits per heavy atom. The molecule has 0 saturated carbocycles. The standard InChI is InChI=1S/C19H21N3O2/c1-12-5-6-15-13(11-24-16(15)7-12)8-17(23)22-14-9-20-18(21-10-14)19(2,3)4/h5-7,9-11H,8H2,1-4H3,(H,22,23). The molecule has 0 radical (unpaired) electrons. The summed E-state index contributed by atoms with van der Waals surface area (Å²) in [6, 6.07) is 5.96. The van der Waals surface area contributed by atoms with E-state index in [0.29, 0.717) is 5.69 Å². The summed E-state index contributed by atoms with van der Waals surface area (Å²) in [6.45, 7) is 8.15. The Labute approximate surface area is 141 Å². The second-order valence-corrected chi connectivity index (χ2v) is 7.03. The Kier molecular flexibility index (Phi) is 4.09. The summed E-state index contributed by atoms with van der Waals surface area (Å²) >= 11 is 0. The number of nitrogens with zero attached hydrogens (tertiary/aromatic N) is 2. The maximum absolute atomic E-state index is 12.3. The maximum atomic E-state index is 12.3. The van der Waals surface area contributed by atoms with Gasteiger partial charge in [0.25, 0.3) is 0 Å². The molecule has 1 N–H and O–H groups in total. The zero-order chi connectivity index (χ0) is 17.3. The Morgan fingerprint density at radius 3 is 2.58 bits per heavy atom. The molecule has 1 amide bonds. The molecule has 2 aromatic heterocycles. The van der Waals surface area contributed by atoms with Gasteiger partial charge in [-0.2, -0.15) is 0 Å². The van der Waals surface area contributed by atoms with E-state index in [-0.39, 0.29) is 17.7 Å². The summed E-state index contributed by atoms with van der Waals surface area (Å²) in [5, 5.41) is 3.80. The summed E-state index contributed by atoms with van der Waals surface area (Å²) in [5.41, 5.74) is 3.28. The fourth-order valence-corrected chi connectivity index (χ4v) is 2.49. The molecular formula is C19H21N3O2. The molecule has 0 fully saturated rings. The summed E-state index contributed by atoms with van der Waals surface area (Å²) in [7, 11) is 0. The number of anilines is 1. The van der Waals surface area contributed by atoms with Gasteiger partial charge in [0, 0.05) is 16.4 Å². The molecule has 124 valence electrons. The number of rotatable bonds is 3. The quantitative estimate of drug-likeness (QED) is 0.791. The van der Waals surface area contributed by atoms with Gasteiger partial charge in [0.05, 0.1) is 30.8 Å². The number of fused-ring (bicyclic) bond motifs is 1. The van der Waals surface area contributed by atoms with Crippen molar-refractivity contribution in [3.8, 4) is 0 Å². The fourth-order valence-electron chi connectivity index (χ4n) is 2.49. The van der Waals surface area contributed by atoms with Gasteiger partial charge in [0.15, 0.2) is 0 Å². The third kappa shape index (κ3) is 3.45. The first kappa shape index (κ1) is 16.2. The van der Waals surface area contributed by atoms with E-state index in [9.17, 15) is 4.79 Å². The van der Waals surface area contributed by atoms with Gasteiger partial charge in [-0.05, 0) is 18.6 Å². The molecule has 3 aromatic rings. The Hall–Kier alpha value is -2.69. The Bertz CT molecular complexity index is 874. The molecule has 0 unspecified atom stereocenters. The van der Waals surface area contributed by atoms with Crippen LogP contribution in [0, 0.1) is 6.92 Å². The average molecular weight is 323 g/mol. The number of benzene rings is 1. The number of hydrogen-bond donors (Lipinski definition) is 1. The highest BCUT2D eigenvalue weighted by molar-refractivity contribution is 5.95. The van der Waals surface area contributed by atoms with Crippen LogP contribution < -0.4 is 5.32 Å². The summed E-state index contributed by atoms with van der Waals surface area (Å²) in [4.78, 5) is 20.9. The van der Waals surface area contributed by atoms with Gasteiger partial charge < -0.3 is 9.73 Å². The molecule has 0 aliphatic rings. The van der Waals surface area contributed by atoms with E-state index in [1.165, 1.54) is 0 Å². The summed E-state index contributed by atoms with van der Waals surface area (Å²) in [6.07, 6.45) is 5.17. The van der Waals surface area contributed by atoms with E-state index >= 15 is 0 Å². The third-order valence-corrected chi connectivity index (χ3v) is 3.77. The molecule has 24 heavy (non-hydrogen) atoms. The predicted molar refractivity (Wildman–Crippen MR) is 94.0 cm³/mol. The number of hydrogen-bond acceptors (Lipinski definition) is 4. The van der Waals surface area contributed by atoms with Gasteiger partial charge in [-0.1, -0.05) is 32.9 Å². The molecule has 1 aromatic carbocycles. The van der Waals surface area contributed by atoms with Gasteiger partial charge in [-0.3, -0.25) is 4.79 Å². The third-order valence-electron chi connectivity index (χ3n) is 3.77. The number of amides is 1. The lowest BCUT2D eigenvalue weighted by Crippen LogP contribution is -2.18. The molecule has 5 heteroatoms. The Balaban J connectivity index is 1.71. The van der Waals surface area contributed by atoms with Crippen LogP contribution in [0.5, 0.6) is 0 Å². The van der Waals surface area contributed by atoms with Crippen molar-refractivity contribution in [2.24, 2.45) is 0 Å². The molecular weight excluding hydrogens is 302 g/mol. The van der Waals surface area contributed by atoms with Crippen molar-refractivity contribution in [1.82, 2.24) is 9.97 Å². The minimum atomic E-state index is -0.120. The largest absolute Gasteiger partial charge is 0.464 e. The van der Waals surface area contributed by atoms with Crippen LogP contribution in [0.3, 0.4) is 0 Å². The van der Waals surface area contributed by atoms with Gasteiger partial charge in [0.1, 0.15) is 11.4 Å². The van der Waals surface area contributed by atoms with Crippen LogP contribution in [-0.2, 0) is 16.6 Å². The van der Waals surface area contributed by atoms with E-state index in [1.54, 1.807) is 18.7 Å². The van der Waals surface area contributed by atoms with Crippen molar-refractivity contribution in [2.75, 3.05) is 5.32 Å². The molecule has 0 aliphatic heterocycles. The topological polar surface area (TPSA) is 68.0 Å². The minimum Gasteiger partial charge on any atom is -0.464 e. The number of carbonyl (C=O) groups excluding carboxylic acids is 1. The fraction of sp³-hybridized carbons (Fsp3) is 0.316. The first-order valence-corrected chi connectivity index (χ1v) is 7.92. The maximum Gasteiger partial charge on any atom is 0.229 e. The van der Waals surface area contributed by atoms with Crippen molar-refractivity contribution < 1.29 is 9.21 Å². The monoisotopic (exact) mass is 323 g/mol. The van der Waals surface area contributed by atoms with Crippen LogP contribution in [0.4, 0.5) is 5.69 Å². The number of aryl methyl sites for hydroxylation is 1. The van der Waals surface area contributed by atoms with Crippen LogP contribution in [0.1, 0.15) is 37.7 Å². The van der Waals surface area contributed by atoms with Crippen LogP contribution in [-0.4, -0.2) is 15.9 Å².